The number of benzene rings is 1. The molecule has 0 unspecified atom stereocenters. The van der Waals surface area contributed by atoms with Gasteiger partial charge in [-0.2, -0.15) is 5.10 Å². The van der Waals surface area contributed by atoms with Crippen LogP contribution < -0.4 is 5.32 Å². The van der Waals surface area contributed by atoms with Crippen molar-refractivity contribution in [1.29, 1.82) is 0 Å². The fourth-order valence-electron chi connectivity index (χ4n) is 5.11. The Balaban J connectivity index is 1.31. The van der Waals surface area contributed by atoms with Gasteiger partial charge in [-0.1, -0.05) is 25.0 Å². The number of aromatic nitrogens is 3. The molecule has 0 radical (unpaired) electrons. The summed E-state index contributed by atoms with van der Waals surface area (Å²) < 4.78 is 17.8. The molecule has 2 aromatic heterocycles. The van der Waals surface area contributed by atoms with E-state index in [9.17, 15) is 9.18 Å². The van der Waals surface area contributed by atoms with Crippen LogP contribution in [-0.4, -0.2) is 50.8 Å². The summed E-state index contributed by atoms with van der Waals surface area (Å²) in [5.41, 5.74) is 0.758. The number of piperidine rings is 1. The summed E-state index contributed by atoms with van der Waals surface area (Å²) in [5.74, 6) is 0.849. The zero-order chi connectivity index (χ0) is 21.9. The van der Waals surface area contributed by atoms with Crippen molar-refractivity contribution in [2.24, 2.45) is 5.92 Å². The number of hydrogen-bond acceptors (Lipinski definition) is 3. The number of rotatable bonds is 6. The van der Waals surface area contributed by atoms with Gasteiger partial charge in [0.05, 0.1) is 6.20 Å². The minimum atomic E-state index is -0.384. The van der Waals surface area contributed by atoms with E-state index in [0.717, 1.165) is 31.8 Å². The van der Waals surface area contributed by atoms with Gasteiger partial charge in [0.2, 0.25) is 0 Å². The quantitative estimate of drug-likeness (QED) is 0.632. The van der Waals surface area contributed by atoms with E-state index in [1.54, 1.807) is 22.8 Å². The third-order valence-electron chi connectivity index (χ3n) is 6.83. The molecule has 1 aliphatic heterocycles. The first-order chi connectivity index (χ1) is 15.7. The lowest BCUT2D eigenvalue weighted by Crippen LogP contribution is -2.45. The zero-order valence-corrected chi connectivity index (χ0v) is 18.3. The molecular weight excluding hydrogens is 405 g/mol. The molecule has 1 saturated heterocycles. The van der Waals surface area contributed by atoms with E-state index in [4.69, 9.17) is 0 Å². The maximum atomic E-state index is 14.5. The SMILES string of the molecule is O=C(NC1CCN(CC2CCCC2)CC1)c1cnn(-c2ccccc2F)c1-n1cccc1. The number of halogens is 1. The molecule has 1 saturated carbocycles. The summed E-state index contributed by atoms with van der Waals surface area (Å²) in [6.07, 6.45) is 12.6. The van der Waals surface area contributed by atoms with Crippen LogP contribution in [0.5, 0.6) is 0 Å². The molecule has 1 N–H and O–H groups in total. The molecule has 3 heterocycles. The molecule has 1 amide bonds. The van der Waals surface area contributed by atoms with Crippen molar-refractivity contribution in [3.05, 3.63) is 66.4 Å². The molecule has 7 heteroatoms. The predicted molar refractivity (Wildman–Crippen MR) is 122 cm³/mol. The van der Waals surface area contributed by atoms with Crippen molar-refractivity contribution in [2.75, 3.05) is 19.6 Å². The minimum absolute atomic E-state index is 0.150. The lowest BCUT2D eigenvalue weighted by Gasteiger charge is -2.33. The molecule has 1 aromatic carbocycles. The van der Waals surface area contributed by atoms with Crippen LogP contribution >= 0.6 is 0 Å². The largest absolute Gasteiger partial charge is 0.349 e. The Morgan fingerprint density at radius 2 is 1.75 bits per heavy atom. The van der Waals surface area contributed by atoms with Crippen LogP contribution in [0.15, 0.2) is 55.0 Å². The highest BCUT2D eigenvalue weighted by atomic mass is 19.1. The Kier molecular flexibility index (Phi) is 6.08. The van der Waals surface area contributed by atoms with Crippen LogP contribution in [0.1, 0.15) is 48.9 Å². The number of nitrogens with zero attached hydrogens (tertiary/aromatic N) is 4. The monoisotopic (exact) mass is 435 g/mol. The van der Waals surface area contributed by atoms with Gasteiger partial charge in [-0.3, -0.25) is 4.79 Å². The summed E-state index contributed by atoms with van der Waals surface area (Å²) in [6.45, 7) is 3.26. The summed E-state index contributed by atoms with van der Waals surface area (Å²) in [4.78, 5) is 15.8. The van der Waals surface area contributed by atoms with Gasteiger partial charge in [-0.25, -0.2) is 9.07 Å². The average Bonchev–Trinajstić information content (AvgIpc) is 3.57. The van der Waals surface area contributed by atoms with Crippen LogP contribution in [0.3, 0.4) is 0 Å². The van der Waals surface area contributed by atoms with Crippen LogP contribution in [0.4, 0.5) is 4.39 Å². The van der Waals surface area contributed by atoms with Gasteiger partial charge in [0.15, 0.2) is 5.82 Å². The van der Waals surface area contributed by atoms with E-state index in [-0.39, 0.29) is 17.8 Å². The second kappa shape index (κ2) is 9.28. The second-order valence-electron chi connectivity index (χ2n) is 9.03. The Morgan fingerprint density at radius 3 is 2.47 bits per heavy atom. The zero-order valence-electron chi connectivity index (χ0n) is 18.3. The Bertz CT molecular complexity index is 1050. The van der Waals surface area contributed by atoms with E-state index in [1.807, 2.05) is 24.5 Å². The van der Waals surface area contributed by atoms with Gasteiger partial charge in [-0.05, 0) is 55.9 Å². The van der Waals surface area contributed by atoms with E-state index in [1.165, 1.54) is 49.2 Å². The second-order valence-corrected chi connectivity index (χ2v) is 9.03. The van der Waals surface area contributed by atoms with Crippen molar-refractivity contribution in [3.8, 4) is 11.5 Å². The molecule has 5 rings (SSSR count). The maximum absolute atomic E-state index is 14.5. The molecule has 32 heavy (non-hydrogen) atoms. The molecule has 2 fully saturated rings. The summed E-state index contributed by atoms with van der Waals surface area (Å²) in [7, 11) is 0. The average molecular weight is 436 g/mol. The summed E-state index contributed by atoms with van der Waals surface area (Å²) in [5, 5.41) is 7.58. The highest BCUT2D eigenvalue weighted by Gasteiger charge is 2.27. The van der Waals surface area contributed by atoms with Crippen molar-refractivity contribution in [2.45, 2.75) is 44.6 Å². The number of amides is 1. The first-order valence-corrected chi connectivity index (χ1v) is 11.7. The van der Waals surface area contributed by atoms with Gasteiger partial charge in [0.25, 0.3) is 5.91 Å². The highest BCUT2D eigenvalue weighted by Crippen LogP contribution is 2.27. The van der Waals surface area contributed by atoms with Gasteiger partial charge in [0.1, 0.15) is 17.1 Å². The van der Waals surface area contributed by atoms with Gasteiger partial charge < -0.3 is 14.8 Å². The summed E-state index contributed by atoms with van der Waals surface area (Å²) >= 11 is 0. The molecule has 3 aromatic rings. The Morgan fingerprint density at radius 1 is 1.03 bits per heavy atom. The van der Waals surface area contributed by atoms with Crippen LogP contribution in [-0.2, 0) is 0 Å². The molecule has 1 aliphatic carbocycles. The van der Waals surface area contributed by atoms with Crippen molar-refractivity contribution in [1.82, 2.24) is 24.6 Å². The Hall–Kier alpha value is -2.93. The predicted octanol–water partition coefficient (Wildman–Crippen LogP) is 4.19. The number of nitrogens with one attached hydrogen (secondary N) is 1. The molecule has 6 nitrogen and oxygen atoms in total. The number of para-hydroxylation sites is 1. The number of hydrogen-bond donors (Lipinski definition) is 1. The smallest absolute Gasteiger partial charge is 0.256 e. The van der Waals surface area contributed by atoms with Gasteiger partial charge >= 0.3 is 0 Å². The maximum Gasteiger partial charge on any atom is 0.256 e. The molecule has 0 atom stereocenters. The van der Waals surface area contributed by atoms with E-state index < -0.39 is 0 Å². The lowest BCUT2D eigenvalue weighted by molar-refractivity contribution is 0.0905. The van der Waals surface area contributed by atoms with Gasteiger partial charge in [-0.15, -0.1) is 0 Å². The Labute approximate surface area is 188 Å². The van der Waals surface area contributed by atoms with Crippen LogP contribution in [0, 0.1) is 11.7 Å². The van der Waals surface area contributed by atoms with Crippen LogP contribution in [0.2, 0.25) is 0 Å². The number of carbonyl (C=O) groups excluding carboxylic acids is 1. The first-order valence-electron chi connectivity index (χ1n) is 11.7. The van der Waals surface area contributed by atoms with Crippen LogP contribution in [0.25, 0.3) is 11.5 Å². The number of carbonyl (C=O) groups is 1. The fraction of sp³-hybridized carbons (Fsp3) is 0.440. The molecule has 0 spiro atoms. The van der Waals surface area contributed by atoms with Crippen molar-refractivity contribution in [3.63, 3.8) is 0 Å². The third-order valence-corrected chi connectivity index (χ3v) is 6.83. The normalized spacial score (nSPS) is 18.3. The standard InChI is InChI=1S/C25H30FN5O/c26-22-9-3-4-10-23(22)31-25(30-13-5-6-14-30)21(17-27-31)24(32)28-20-11-15-29(16-12-20)18-19-7-1-2-8-19/h3-6,9-10,13-14,17,19-20H,1-2,7-8,11-12,15-16,18H2,(H,28,32). The van der Waals surface area contributed by atoms with E-state index in [2.05, 4.69) is 15.3 Å². The molecular formula is C25H30FN5O. The molecule has 0 bridgehead atoms. The minimum Gasteiger partial charge on any atom is -0.349 e. The first kappa shape index (κ1) is 20.9. The van der Waals surface area contributed by atoms with Crippen molar-refractivity contribution < 1.29 is 9.18 Å². The molecule has 2 aliphatic rings. The number of likely N-dealkylation sites (tertiary alicyclic amines) is 1. The molecule has 168 valence electrons. The third kappa shape index (κ3) is 4.35. The van der Waals surface area contributed by atoms with Crippen molar-refractivity contribution >= 4 is 5.91 Å². The lowest BCUT2D eigenvalue weighted by atomic mass is 10.0. The fourth-order valence-corrected chi connectivity index (χ4v) is 5.11. The summed E-state index contributed by atoms with van der Waals surface area (Å²) in [6, 6.07) is 10.4. The van der Waals surface area contributed by atoms with Gasteiger partial charge in [0, 0.05) is 38.1 Å². The van der Waals surface area contributed by atoms with E-state index in [0.29, 0.717) is 17.1 Å². The van der Waals surface area contributed by atoms with E-state index >= 15 is 0 Å². The topological polar surface area (TPSA) is 55.1 Å². The highest BCUT2D eigenvalue weighted by molar-refractivity contribution is 5.97.